The molecule has 1 aliphatic carbocycles. The van der Waals surface area contributed by atoms with Gasteiger partial charge in [-0.2, -0.15) is 9.78 Å². The van der Waals surface area contributed by atoms with E-state index in [9.17, 15) is 9.59 Å². The molecule has 1 heterocycles. The minimum absolute atomic E-state index is 0.00268. The number of rotatable bonds is 2. The molecule has 0 amide bonds. The average molecular weight is 270 g/mol. The van der Waals surface area contributed by atoms with Crippen LogP contribution in [0.15, 0.2) is 35.1 Å². The Bertz CT molecular complexity index is 734. The van der Waals surface area contributed by atoms with Gasteiger partial charge in [0.25, 0.3) is 5.56 Å². The van der Waals surface area contributed by atoms with Gasteiger partial charge in [0.1, 0.15) is 11.4 Å². The van der Waals surface area contributed by atoms with Crippen LogP contribution >= 0.6 is 0 Å². The highest BCUT2D eigenvalue weighted by atomic mass is 16.5. The number of ketones is 1. The van der Waals surface area contributed by atoms with Crippen LogP contribution in [-0.2, 0) is 6.42 Å². The minimum Gasteiger partial charge on any atom is -0.497 e. The quantitative estimate of drug-likeness (QED) is 0.834. The predicted molar refractivity (Wildman–Crippen MR) is 73.7 cm³/mol. The van der Waals surface area contributed by atoms with Crippen molar-refractivity contribution in [2.24, 2.45) is 0 Å². The largest absolute Gasteiger partial charge is 0.497 e. The van der Waals surface area contributed by atoms with Gasteiger partial charge in [-0.15, -0.1) is 0 Å². The molecule has 0 radical (unpaired) electrons. The first-order valence-corrected chi connectivity index (χ1v) is 6.50. The van der Waals surface area contributed by atoms with Crippen LogP contribution in [0.4, 0.5) is 0 Å². The van der Waals surface area contributed by atoms with Crippen molar-refractivity contribution >= 4 is 5.78 Å². The maximum Gasteiger partial charge on any atom is 0.271 e. The lowest BCUT2D eigenvalue weighted by Gasteiger charge is -2.15. The van der Waals surface area contributed by atoms with E-state index < -0.39 is 0 Å². The van der Waals surface area contributed by atoms with Crippen molar-refractivity contribution in [2.75, 3.05) is 7.11 Å². The van der Waals surface area contributed by atoms with E-state index in [1.54, 1.807) is 31.4 Å². The minimum atomic E-state index is -0.230. The molecule has 0 saturated carbocycles. The van der Waals surface area contributed by atoms with E-state index in [-0.39, 0.29) is 11.3 Å². The van der Waals surface area contributed by atoms with Crippen LogP contribution in [0.2, 0.25) is 0 Å². The number of carbonyl (C=O) groups is 1. The summed E-state index contributed by atoms with van der Waals surface area (Å²) >= 11 is 0. The second-order valence-corrected chi connectivity index (χ2v) is 4.75. The molecule has 3 rings (SSSR count). The predicted octanol–water partition coefficient (Wildman–Crippen LogP) is 1.76. The average Bonchev–Trinajstić information content (AvgIpc) is 2.47. The summed E-state index contributed by atoms with van der Waals surface area (Å²) in [6, 6.07) is 8.56. The lowest BCUT2D eigenvalue weighted by Crippen LogP contribution is -2.27. The Hall–Kier alpha value is -2.43. The molecule has 0 aliphatic heterocycles. The molecule has 102 valence electrons. The second kappa shape index (κ2) is 4.92. The van der Waals surface area contributed by atoms with Gasteiger partial charge in [-0.25, -0.2) is 0 Å². The van der Waals surface area contributed by atoms with Crippen LogP contribution in [0.3, 0.4) is 0 Å². The highest BCUT2D eigenvalue weighted by molar-refractivity contribution is 5.96. The number of nitrogens with zero attached hydrogens (tertiary/aromatic N) is 2. The second-order valence-electron chi connectivity index (χ2n) is 4.75. The number of fused-ring (bicyclic) bond motifs is 1. The van der Waals surface area contributed by atoms with Crippen LogP contribution in [-0.4, -0.2) is 22.7 Å². The molecule has 0 bridgehead atoms. The molecule has 0 N–H and O–H groups in total. The molecule has 1 aliphatic rings. The maximum absolute atomic E-state index is 12.1. The molecular formula is C15H14N2O3. The molecule has 2 aromatic rings. The van der Waals surface area contributed by atoms with Crippen LogP contribution in [0.25, 0.3) is 5.69 Å². The maximum atomic E-state index is 12.1. The lowest BCUT2D eigenvalue weighted by molar-refractivity contribution is 0.0965. The summed E-state index contributed by atoms with van der Waals surface area (Å²) in [5.74, 6) is 0.642. The van der Waals surface area contributed by atoms with E-state index in [0.717, 1.165) is 18.4 Å². The van der Waals surface area contributed by atoms with Crippen LogP contribution in [0.1, 0.15) is 28.9 Å². The Balaban J connectivity index is 2.16. The number of aryl methyl sites for hydroxylation is 1. The molecule has 5 heteroatoms. The Morgan fingerprint density at radius 1 is 1.20 bits per heavy atom. The molecular weight excluding hydrogens is 256 g/mol. The molecule has 5 nitrogen and oxygen atoms in total. The van der Waals surface area contributed by atoms with Gasteiger partial charge in [0.15, 0.2) is 5.78 Å². The smallest absolute Gasteiger partial charge is 0.271 e. The normalized spacial score (nSPS) is 13.9. The third kappa shape index (κ3) is 2.11. The van der Waals surface area contributed by atoms with Gasteiger partial charge in [-0.05, 0) is 30.5 Å². The molecule has 1 aromatic heterocycles. The highest BCUT2D eigenvalue weighted by Gasteiger charge is 2.20. The Labute approximate surface area is 115 Å². The van der Waals surface area contributed by atoms with Crippen molar-refractivity contribution in [3.63, 3.8) is 0 Å². The fourth-order valence-electron chi connectivity index (χ4n) is 2.40. The van der Waals surface area contributed by atoms with Gasteiger partial charge in [0.05, 0.1) is 12.8 Å². The van der Waals surface area contributed by atoms with Crippen LogP contribution in [0.5, 0.6) is 5.75 Å². The monoisotopic (exact) mass is 270 g/mol. The van der Waals surface area contributed by atoms with Gasteiger partial charge in [-0.1, -0.05) is 6.07 Å². The van der Waals surface area contributed by atoms with E-state index in [0.29, 0.717) is 23.6 Å². The zero-order valence-electron chi connectivity index (χ0n) is 11.1. The van der Waals surface area contributed by atoms with E-state index in [1.165, 1.54) is 10.7 Å². The number of hydrogen-bond acceptors (Lipinski definition) is 4. The summed E-state index contributed by atoms with van der Waals surface area (Å²) < 4.78 is 6.39. The summed E-state index contributed by atoms with van der Waals surface area (Å²) in [6.45, 7) is 0. The number of ether oxygens (including phenoxy) is 1. The molecule has 20 heavy (non-hydrogen) atoms. The summed E-state index contributed by atoms with van der Waals surface area (Å²) in [4.78, 5) is 24.0. The van der Waals surface area contributed by atoms with Gasteiger partial charge < -0.3 is 4.74 Å². The first-order valence-electron chi connectivity index (χ1n) is 6.50. The van der Waals surface area contributed by atoms with Crippen molar-refractivity contribution in [3.8, 4) is 11.4 Å². The van der Waals surface area contributed by atoms with Gasteiger partial charge in [-0.3, -0.25) is 9.59 Å². The summed E-state index contributed by atoms with van der Waals surface area (Å²) in [6.07, 6.45) is 2.02. The standard InChI is InChI=1S/C15H14N2O3/c1-20-12-6-3-5-11(9-12)17-14(19)8-10-4-2-7-13(18)15(10)16-17/h3,5-6,8-9H,2,4,7H2,1H3. The molecule has 0 spiro atoms. The first-order chi connectivity index (χ1) is 9.69. The summed E-state index contributed by atoms with van der Waals surface area (Å²) in [5.41, 5.74) is 1.53. The summed E-state index contributed by atoms with van der Waals surface area (Å²) in [5, 5.41) is 4.24. The van der Waals surface area contributed by atoms with Crippen molar-refractivity contribution < 1.29 is 9.53 Å². The fourth-order valence-corrected chi connectivity index (χ4v) is 2.40. The van der Waals surface area contributed by atoms with Crippen LogP contribution < -0.4 is 10.3 Å². The summed E-state index contributed by atoms with van der Waals surface area (Å²) in [7, 11) is 1.56. The zero-order chi connectivity index (χ0) is 14.1. The van der Waals surface area contributed by atoms with Gasteiger partial charge in [0.2, 0.25) is 0 Å². The molecule has 1 aromatic carbocycles. The van der Waals surface area contributed by atoms with Crippen molar-refractivity contribution in [1.29, 1.82) is 0 Å². The molecule has 0 unspecified atom stereocenters. The fraction of sp³-hybridized carbons (Fsp3) is 0.267. The van der Waals surface area contributed by atoms with E-state index in [1.807, 2.05) is 0 Å². The number of hydrogen-bond donors (Lipinski definition) is 0. The zero-order valence-corrected chi connectivity index (χ0v) is 11.1. The number of carbonyl (C=O) groups excluding carboxylic acids is 1. The molecule has 0 fully saturated rings. The van der Waals surface area contributed by atoms with Gasteiger partial charge in [0, 0.05) is 18.6 Å². The van der Waals surface area contributed by atoms with Crippen molar-refractivity contribution in [1.82, 2.24) is 9.78 Å². The molecule has 0 saturated heterocycles. The number of methoxy groups -OCH3 is 1. The Morgan fingerprint density at radius 3 is 2.85 bits per heavy atom. The number of Topliss-reactive ketones (excluding diaryl/α,β-unsaturated/α-hetero) is 1. The van der Waals surface area contributed by atoms with Crippen molar-refractivity contribution in [2.45, 2.75) is 19.3 Å². The van der Waals surface area contributed by atoms with Crippen LogP contribution in [0, 0.1) is 0 Å². The van der Waals surface area contributed by atoms with E-state index in [2.05, 4.69) is 5.10 Å². The third-order valence-corrected chi connectivity index (χ3v) is 3.42. The molecule has 0 atom stereocenters. The van der Waals surface area contributed by atoms with E-state index in [4.69, 9.17) is 4.74 Å². The number of benzene rings is 1. The third-order valence-electron chi connectivity index (χ3n) is 3.42. The van der Waals surface area contributed by atoms with Crippen molar-refractivity contribution in [3.05, 3.63) is 51.9 Å². The van der Waals surface area contributed by atoms with E-state index >= 15 is 0 Å². The lowest BCUT2D eigenvalue weighted by atomic mass is 9.96. The Morgan fingerprint density at radius 2 is 2.05 bits per heavy atom. The first kappa shape index (κ1) is 12.6. The SMILES string of the molecule is COc1cccc(-n2nc3c(cc2=O)CCCC3=O)c1. The highest BCUT2D eigenvalue weighted by Crippen LogP contribution is 2.19. The van der Waals surface area contributed by atoms with Gasteiger partial charge >= 0.3 is 0 Å². The topological polar surface area (TPSA) is 61.2 Å². The number of aromatic nitrogens is 2. The Kier molecular flexibility index (Phi) is 3.10.